The van der Waals surface area contributed by atoms with Crippen LogP contribution in [-0.2, 0) is 0 Å². The van der Waals surface area contributed by atoms with Crippen LogP contribution in [0.25, 0.3) is 177 Å². The van der Waals surface area contributed by atoms with Crippen molar-refractivity contribution in [3.63, 3.8) is 0 Å². The van der Waals surface area contributed by atoms with Gasteiger partial charge in [0.2, 0.25) is 0 Å². The average molecular weight is 1200 g/mol. The third-order valence-corrected chi connectivity index (χ3v) is 19.1. The Morgan fingerprint density at radius 2 is 0.457 bits per heavy atom. The highest BCUT2D eigenvalue weighted by molar-refractivity contribution is 6.20. The molecule has 0 spiro atoms. The largest absolute Gasteiger partial charge is 0.309 e. The molecule has 0 atom stereocenters. The van der Waals surface area contributed by atoms with Gasteiger partial charge in [-0.15, -0.1) is 0 Å². The Morgan fingerprint density at radius 1 is 0.149 bits per heavy atom. The molecule has 0 amide bonds. The van der Waals surface area contributed by atoms with Crippen LogP contribution in [0.3, 0.4) is 0 Å². The number of benzene rings is 13. The van der Waals surface area contributed by atoms with E-state index in [1.54, 1.807) is 0 Å². The molecule has 0 saturated heterocycles. The van der Waals surface area contributed by atoms with Gasteiger partial charge in [-0.25, -0.2) is 9.97 Å². The van der Waals surface area contributed by atoms with Crippen LogP contribution in [0.4, 0.5) is 0 Å². The van der Waals surface area contributed by atoms with Crippen molar-refractivity contribution in [2.75, 3.05) is 0 Å². The Labute approximate surface area is 542 Å². The normalized spacial score (nSPS) is 11.8. The molecule has 438 valence electrons. The van der Waals surface area contributed by atoms with Crippen molar-refractivity contribution in [2.24, 2.45) is 0 Å². The van der Waals surface area contributed by atoms with E-state index in [0.717, 1.165) is 128 Å². The van der Waals surface area contributed by atoms with Gasteiger partial charge in [-0.2, -0.15) is 0 Å². The van der Waals surface area contributed by atoms with Crippen molar-refractivity contribution in [3.8, 4) is 90.0 Å². The fourth-order valence-corrected chi connectivity index (χ4v) is 14.8. The van der Waals surface area contributed by atoms with E-state index in [1.165, 1.54) is 49.2 Å². The highest BCUT2D eigenvalue weighted by atomic mass is 15.0. The summed E-state index contributed by atoms with van der Waals surface area (Å²) in [7, 11) is 0. The van der Waals surface area contributed by atoms with Gasteiger partial charge in [-0.05, 0) is 156 Å². The minimum atomic E-state index is 0.875. The third kappa shape index (κ3) is 8.65. The molecule has 0 N–H and O–H groups in total. The van der Waals surface area contributed by atoms with Crippen LogP contribution < -0.4 is 0 Å². The average Bonchev–Trinajstić information content (AvgIpc) is 1.57. The summed E-state index contributed by atoms with van der Waals surface area (Å²) < 4.78 is 9.72. The molecule has 0 bridgehead atoms. The lowest BCUT2D eigenvalue weighted by Gasteiger charge is -2.14. The van der Waals surface area contributed by atoms with Crippen molar-refractivity contribution in [3.05, 3.63) is 340 Å². The van der Waals surface area contributed by atoms with Gasteiger partial charge >= 0.3 is 0 Å². The zero-order valence-electron chi connectivity index (χ0n) is 51.0. The molecule has 0 saturated carbocycles. The zero-order chi connectivity index (χ0) is 61.8. The second kappa shape index (κ2) is 21.5. The first-order valence-electron chi connectivity index (χ1n) is 32.1. The lowest BCUT2D eigenvalue weighted by Crippen LogP contribution is -1.99. The summed E-state index contributed by atoms with van der Waals surface area (Å²) in [6.45, 7) is 0. The van der Waals surface area contributed by atoms with Gasteiger partial charge in [0.25, 0.3) is 0 Å². The summed E-state index contributed by atoms with van der Waals surface area (Å²) in [6, 6.07) is 123. The van der Waals surface area contributed by atoms with E-state index in [-0.39, 0.29) is 0 Å². The van der Waals surface area contributed by atoms with Crippen LogP contribution in [0.2, 0.25) is 0 Å². The Hall–Kier alpha value is -12.6. The van der Waals surface area contributed by atoms with E-state index < -0.39 is 0 Å². The molecule has 0 fully saturated rings. The van der Waals surface area contributed by atoms with Gasteiger partial charge in [0, 0.05) is 82.4 Å². The predicted octanol–water partition coefficient (Wildman–Crippen LogP) is 22.9. The van der Waals surface area contributed by atoms with Crippen LogP contribution in [0.5, 0.6) is 0 Å². The summed E-state index contributed by atoms with van der Waals surface area (Å²) in [5.74, 6) is 0. The highest BCUT2D eigenvalue weighted by Crippen LogP contribution is 2.44. The molecular formula is C88H56N6. The maximum atomic E-state index is 5.82. The first-order chi connectivity index (χ1) is 46.6. The van der Waals surface area contributed by atoms with Crippen LogP contribution in [-0.4, -0.2) is 28.2 Å². The molecule has 0 radical (unpaired) electrons. The summed E-state index contributed by atoms with van der Waals surface area (Å²) in [4.78, 5) is 11.0. The van der Waals surface area contributed by atoms with E-state index in [4.69, 9.17) is 9.97 Å². The van der Waals surface area contributed by atoms with Crippen molar-refractivity contribution >= 4 is 87.2 Å². The molecule has 0 unspecified atom stereocenters. The second-order valence-corrected chi connectivity index (χ2v) is 24.5. The number of hydrogen-bond acceptors (Lipinski definition) is 2. The highest BCUT2D eigenvalue weighted by Gasteiger charge is 2.23. The lowest BCUT2D eigenvalue weighted by molar-refractivity contribution is 1.16. The fourth-order valence-electron chi connectivity index (χ4n) is 14.8. The monoisotopic (exact) mass is 1200 g/mol. The lowest BCUT2D eigenvalue weighted by atomic mass is 10.0. The topological polar surface area (TPSA) is 45.5 Å². The number of pyridine rings is 2. The zero-order valence-corrected chi connectivity index (χ0v) is 51.0. The number of fused-ring (bicyclic) bond motifs is 12. The van der Waals surface area contributed by atoms with Gasteiger partial charge in [0.05, 0.1) is 72.6 Å². The molecule has 0 aliphatic rings. The number of rotatable bonds is 10. The van der Waals surface area contributed by atoms with E-state index in [2.05, 4.69) is 352 Å². The quantitative estimate of drug-likeness (QED) is 0.137. The Kier molecular flexibility index (Phi) is 12.2. The maximum absolute atomic E-state index is 5.82. The molecule has 19 rings (SSSR count). The summed E-state index contributed by atoms with van der Waals surface area (Å²) >= 11 is 0. The molecule has 6 aromatic heterocycles. The number of nitrogens with zero attached hydrogens (tertiary/aromatic N) is 6. The van der Waals surface area contributed by atoms with Crippen LogP contribution >= 0.6 is 0 Å². The molecule has 6 nitrogen and oxygen atoms in total. The van der Waals surface area contributed by atoms with E-state index >= 15 is 0 Å². The molecule has 6 heteroatoms. The van der Waals surface area contributed by atoms with Gasteiger partial charge in [0.1, 0.15) is 0 Å². The predicted molar refractivity (Wildman–Crippen MR) is 392 cm³/mol. The van der Waals surface area contributed by atoms with Gasteiger partial charge < -0.3 is 18.3 Å². The minimum absolute atomic E-state index is 0.875. The summed E-state index contributed by atoms with van der Waals surface area (Å²) in [6.07, 6.45) is 0. The van der Waals surface area contributed by atoms with Crippen molar-refractivity contribution in [1.82, 2.24) is 28.2 Å². The summed E-state index contributed by atoms with van der Waals surface area (Å²) in [5.41, 5.74) is 25.9. The minimum Gasteiger partial charge on any atom is -0.309 e. The molecule has 6 heterocycles. The molecule has 19 aromatic rings. The molecular weight excluding hydrogens is 1140 g/mol. The van der Waals surface area contributed by atoms with Crippen LogP contribution in [0, 0.1) is 0 Å². The van der Waals surface area contributed by atoms with Crippen molar-refractivity contribution in [2.45, 2.75) is 0 Å². The number of hydrogen-bond donors (Lipinski definition) is 0. The Balaban J connectivity index is 0.847. The third-order valence-electron chi connectivity index (χ3n) is 19.1. The SMILES string of the molecule is c1ccc(-c2ccc3c(c2)c2cc(-c4cc(-n5c6ccccc6c6cc7c(cc65)c5ccccc5n7-c5cccc(-c6cccc(-c7ccccc7)n6)c5)cc(-c5ccc6c(c5)c5cc(-c7ccccc7)ccc5n6-c5ccccc5)n4)ccc2n3-c2ccccc2)cc1. The van der Waals surface area contributed by atoms with Gasteiger partial charge in [-0.1, -0.05) is 206 Å². The van der Waals surface area contributed by atoms with E-state index in [0.29, 0.717) is 0 Å². The van der Waals surface area contributed by atoms with Crippen molar-refractivity contribution < 1.29 is 0 Å². The molecule has 94 heavy (non-hydrogen) atoms. The maximum Gasteiger partial charge on any atom is 0.0730 e. The molecule has 13 aromatic carbocycles. The first-order valence-corrected chi connectivity index (χ1v) is 32.1. The Bertz CT molecular complexity index is 5980. The first kappa shape index (κ1) is 53.2. The fraction of sp³-hybridized carbons (Fsp3) is 0. The van der Waals surface area contributed by atoms with Crippen molar-refractivity contribution in [1.29, 1.82) is 0 Å². The van der Waals surface area contributed by atoms with E-state index in [9.17, 15) is 0 Å². The smallest absolute Gasteiger partial charge is 0.0730 e. The van der Waals surface area contributed by atoms with Crippen LogP contribution in [0.1, 0.15) is 0 Å². The van der Waals surface area contributed by atoms with Gasteiger partial charge in [-0.3, -0.25) is 0 Å². The number of para-hydroxylation sites is 4. The number of aromatic nitrogens is 6. The summed E-state index contributed by atoms with van der Waals surface area (Å²) in [5, 5.41) is 9.35. The van der Waals surface area contributed by atoms with Crippen LogP contribution in [0.15, 0.2) is 340 Å². The Morgan fingerprint density at radius 3 is 0.936 bits per heavy atom. The van der Waals surface area contributed by atoms with Gasteiger partial charge in [0.15, 0.2) is 0 Å². The molecule has 0 aliphatic carbocycles. The molecule has 0 aliphatic heterocycles. The second-order valence-electron chi connectivity index (χ2n) is 24.5. The van der Waals surface area contributed by atoms with E-state index in [1.807, 2.05) is 6.07 Å². The standard InChI is InChI=1S/C88H56N6/c1-6-22-57(23-7-1)60-40-44-83-71(49-60)73-51-63(42-46-85(73)91(83)65-29-12-4-13-30-65)79-53-68(54-80(90-79)64-43-47-86-74(52-64)72-50-61(58-24-8-2-9-25-58)41-45-84(72)92(86)66-31-14-5-15-32-66)94-82-39-19-17-35-70(82)76-55-87-75(56-88(76)94)69-34-16-18-38-81(69)93(87)67-33-20-28-62(48-67)78-37-21-36-77(89-78)59-26-10-3-11-27-59/h1-56H.